The van der Waals surface area contributed by atoms with Crippen molar-refractivity contribution in [2.75, 3.05) is 13.1 Å². The molecule has 1 heterocycles. The molecule has 20 heavy (non-hydrogen) atoms. The Morgan fingerprint density at radius 2 is 1.90 bits per heavy atom. The second-order valence-electron chi connectivity index (χ2n) is 5.39. The van der Waals surface area contributed by atoms with Gasteiger partial charge in [0, 0.05) is 24.7 Å². The molecule has 1 aromatic carbocycles. The molecule has 0 bridgehead atoms. The Kier molecular flexibility index (Phi) is 4.49. The van der Waals surface area contributed by atoms with Crippen LogP contribution in [0.1, 0.15) is 38.3 Å². The molecule has 0 radical (unpaired) electrons. The summed E-state index contributed by atoms with van der Waals surface area (Å²) in [4.78, 5) is 14.1. The van der Waals surface area contributed by atoms with E-state index in [0.717, 1.165) is 25.9 Å². The summed E-state index contributed by atoms with van der Waals surface area (Å²) < 4.78 is 0. The molecule has 5 nitrogen and oxygen atoms in total. The van der Waals surface area contributed by atoms with Crippen LogP contribution in [0.5, 0.6) is 11.5 Å². The molecule has 1 saturated heterocycles. The Labute approximate surface area is 119 Å². The zero-order valence-corrected chi connectivity index (χ0v) is 12.0. The molecule has 110 valence electrons. The number of amides is 1. The molecule has 2 unspecified atom stereocenters. The summed E-state index contributed by atoms with van der Waals surface area (Å²) in [5, 5.41) is 22.5. The van der Waals surface area contributed by atoms with Gasteiger partial charge in [-0.25, -0.2) is 0 Å². The van der Waals surface area contributed by atoms with Gasteiger partial charge in [0.25, 0.3) is 0 Å². The highest BCUT2D eigenvalue weighted by Gasteiger charge is 2.25. The largest absolute Gasteiger partial charge is 0.508 e. The lowest BCUT2D eigenvalue weighted by Crippen LogP contribution is -2.44. The Morgan fingerprint density at radius 1 is 1.25 bits per heavy atom. The van der Waals surface area contributed by atoms with Crippen LogP contribution in [-0.4, -0.2) is 40.2 Å². The van der Waals surface area contributed by atoms with Gasteiger partial charge in [0.2, 0.25) is 5.91 Å². The van der Waals surface area contributed by atoms with Crippen molar-refractivity contribution in [2.45, 2.75) is 38.8 Å². The molecule has 1 aromatic rings. The maximum atomic E-state index is 12.2. The smallest absolute Gasteiger partial charge is 0.239 e. The van der Waals surface area contributed by atoms with Gasteiger partial charge < -0.3 is 15.1 Å². The van der Waals surface area contributed by atoms with Crippen molar-refractivity contribution in [3.05, 3.63) is 23.8 Å². The standard InChI is InChI=1S/C15H22N2O3/c1-10(13-9-12(18)5-6-14(13)19)16-11(2)15(20)17-7-3-4-8-17/h5-6,9-11,16,18-19H,3-4,7-8H2,1-2H3. The maximum Gasteiger partial charge on any atom is 0.239 e. The van der Waals surface area contributed by atoms with E-state index in [1.54, 1.807) is 0 Å². The first-order valence-corrected chi connectivity index (χ1v) is 7.05. The van der Waals surface area contributed by atoms with E-state index in [9.17, 15) is 15.0 Å². The molecule has 1 aliphatic heterocycles. The summed E-state index contributed by atoms with van der Waals surface area (Å²) in [6, 6.07) is 3.87. The Bertz CT molecular complexity index is 484. The van der Waals surface area contributed by atoms with Crippen molar-refractivity contribution in [1.29, 1.82) is 0 Å². The number of carbonyl (C=O) groups is 1. The molecule has 3 N–H and O–H groups in total. The van der Waals surface area contributed by atoms with E-state index >= 15 is 0 Å². The van der Waals surface area contributed by atoms with E-state index in [2.05, 4.69) is 5.32 Å². The molecule has 2 atom stereocenters. The second kappa shape index (κ2) is 6.13. The zero-order valence-electron chi connectivity index (χ0n) is 12.0. The fourth-order valence-electron chi connectivity index (χ4n) is 2.64. The average Bonchev–Trinajstić information content (AvgIpc) is 2.94. The topological polar surface area (TPSA) is 72.8 Å². The normalized spacial score (nSPS) is 18.0. The molecule has 0 saturated carbocycles. The number of nitrogens with zero attached hydrogens (tertiary/aromatic N) is 1. The van der Waals surface area contributed by atoms with Crippen LogP contribution in [0.3, 0.4) is 0 Å². The van der Waals surface area contributed by atoms with Gasteiger partial charge in [-0.3, -0.25) is 10.1 Å². The quantitative estimate of drug-likeness (QED) is 0.734. The van der Waals surface area contributed by atoms with E-state index in [-0.39, 0.29) is 29.5 Å². The van der Waals surface area contributed by atoms with Crippen LogP contribution in [0.2, 0.25) is 0 Å². The number of hydrogen-bond acceptors (Lipinski definition) is 4. The van der Waals surface area contributed by atoms with Gasteiger partial charge in [-0.1, -0.05) is 0 Å². The number of rotatable bonds is 4. The number of phenols is 2. The van der Waals surface area contributed by atoms with Gasteiger partial charge in [-0.2, -0.15) is 0 Å². The first-order chi connectivity index (χ1) is 9.49. The van der Waals surface area contributed by atoms with Gasteiger partial charge >= 0.3 is 0 Å². The van der Waals surface area contributed by atoms with Gasteiger partial charge in [0.05, 0.1) is 6.04 Å². The van der Waals surface area contributed by atoms with Crippen LogP contribution in [0, 0.1) is 0 Å². The minimum Gasteiger partial charge on any atom is -0.508 e. The molecule has 0 aliphatic carbocycles. The summed E-state index contributed by atoms with van der Waals surface area (Å²) in [6.07, 6.45) is 2.14. The minimum absolute atomic E-state index is 0.0917. The third kappa shape index (κ3) is 3.22. The Balaban J connectivity index is 2.01. The third-order valence-electron chi connectivity index (χ3n) is 3.77. The fraction of sp³-hybridized carbons (Fsp3) is 0.533. The van der Waals surface area contributed by atoms with Gasteiger partial charge in [-0.15, -0.1) is 0 Å². The van der Waals surface area contributed by atoms with Crippen molar-refractivity contribution < 1.29 is 15.0 Å². The molecular formula is C15H22N2O3. The Hall–Kier alpha value is -1.75. The van der Waals surface area contributed by atoms with Crippen molar-refractivity contribution in [3.63, 3.8) is 0 Å². The van der Waals surface area contributed by atoms with Crippen LogP contribution in [0.15, 0.2) is 18.2 Å². The van der Waals surface area contributed by atoms with E-state index in [0.29, 0.717) is 5.56 Å². The highest BCUT2D eigenvalue weighted by atomic mass is 16.3. The number of benzene rings is 1. The highest BCUT2D eigenvalue weighted by molar-refractivity contribution is 5.81. The van der Waals surface area contributed by atoms with Crippen molar-refractivity contribution in [2.24, 2.45) is 0 Å². The lowest BCUT2D eigenvalue weighted by atomic mass is 10.1. The van der Waals surface area contributed by atoms with Gasteiger partial charge in [0.1, 0.15) is 11.5 Å². The summed E-state index contributed by atoms with van der Waals surface area (Å²) in [5.41, 5.74) is 0.589. The molecule has 5 heteroatoms. The van der Waals surface area contributed by atoms with Crippen LogP contribution < -0.4 is 5.32 Å². The van der Waals surface area contributed by atoms with Crippen LogP contribution >= 0.6 is 0 Å². The van der Waals surface area contributed by atoms with E-state index in [1.165, 1.54) is 18.2 Å². The lowest BCUT2D eigenvalue weighted by Gasteiger charge is -2.24. The molecule has 0 aromatic heterocycles. The summed E-state index contributed by atoms with van der Waals surface area (Å²) in [7, 11) is 0. The summed E-state index contributed by atoms with van der Waals surface area (Å²) in [5.74, 6) is 0.308. The highest BCUT2D eigenvalue weighted by Crippen LogP contribution is 2.28. The van der Waals surface area contributed by atoms with Gasteiger partial charge in [0.15, 0.2) is 0 Å². The number of nitrogens with one attached hydrogen (secondary N) is 1. The van der Waals surface area contributed by atoms with Crippen molar-refractivity contribution >= 4 is 5.91 Å². The molecular weight excluding hydrogens is 256 g/mol. The van der Waals surface area contributed by atoms with E-state index < -0.39 is 0 Å². The van der Waals surface area contributed by atoms with Crippen LogP contribution in [-0.2, 0) is 4.79 Å². The molecule has 1 amide bonds. The number of carbonyl (C=O) groups excluding carboxylic acids is 1. The summed E-state index contributed by atoms with van der Waals surface area (Å²) >= 11 is 0. The molecule has 1 aliphatic rings. The third-order valence-corrected chi connectivity index (χ3v) is 3.77. The first-order valence-electron chi connectivity index (χ1n) is 7.05. The van der Waals surface area contributed by atoms with Gasteiger partial charge in [-0.05, 0) is 44.9 Å². The number of likely N-dealkylation sites (tertiary alicyclic amines) is 1. The zero-order chi connectivity index (χ0) is 14.7. The predicted octanol–water partition coefficient (Wildman–Crippen LogP) is 1.76. The predicted molar refractivity (Wildman–Crippen MR) is 76.6 cm³/mol. The van der Waals surface area contributed by atoms with Crippen molar-refractivity contribution in [3.8, 4) is 11.5 Å². The SMILES string of the molecule is CC(NC(C)c1cc(O)ccc1O)C(=O)N1CCCC1. The average molecular weight is 278 g/mol. The number of hydrogen-bond donors (Lipinski definition) is 3. The number of aromatic hydroxyl groups is 2. The van der Waals surface area contributed by atoms with Crippen molar-refractivity contribution in [1.82, 2.24) is 10.2 Å². The minimum atomic E-state index is -0.315. The fourth-order valence-corrected chi connectivity index (χ4v) is 2.64. The van der Waals surface area contributed by atoms with E-state index in [1.807, 2.05) is 18.7 Å². The molecule has 0 spiro atoms. The molecule has 1 fully saturated rings. The Morgan fingerprint density at radius 3 is 2.55 bits per heavy atom. The lowest BCUT2D eigenvalue weighted by molar-refractivity contribution is -0.132. The van der Waals surface area contributed by atoms with E-state index in [4.69, 9.17) is 0 Å². The summed E-state index contributed by atoms with van der Waals surface area (Å²) in [6.45, 7) is 5.35. The van der Waals surface area contributed by atoms with Crippen LogP contribution in [0.4, 0.5) is 0 Å². The van der Waals surface area contributed by atoms with Crippen LogP contribution in [0.25, 0.3) is 0 Å². The monoisotopic (exact) mass is 278 g/mol. The first kappa shape index (κ1) is 14.7. The maximum absolute atomic E-state index is 12.2. The number of phenolic OH excluding ortho intramolecular Hbond substituents is 2. The molecule has 2 rings (SSSR count). The second-order valence-corrected chi connectivity index (χ2v) is 5.39.